The number of hydrogen-bond donors (Lipinski definition) is 1. The standard InChI is InChI=1S/C27H26F5N3O4S2/c1-18(27(36,15-35-17-33-16-34-35)23-11-8-20(28)12-24(23)29)40-21-13-38-25(39-14-21)5-3-2-4-19-6-9-22(10-7-19)41(32,37)26(30)31/h2-12,16-18,21,25,36H,13-15H2,1H3/b4-2+,5-3+. The van der Waals surface area contributed by atoms with Gasteiger partial charge in [-0.3, -0.25) is 0 Å². The molecule has 4 rings (SSSR count). The van der Waals surface area contributed by atoms with Crippen LogP contribution in [0.5, 0.6) is 0 Å². The van der Waals surface area contributed by atoms with Gasteiger partial charge in [-0.2, -0.15) is 13.9 Å². The zero-order valence-corrected chi connectivity index (χ0v) is 23.2. The molecule has 3 atom stereocenters. The normalized spacial score (nSPS) is 21.5. The molecular formula is C27H26F5N3O4S2. The van der Waals surface area contributed by atoms with Crippen LogP contribution in [0.15, 0.2) is 78.2 Å². The second-order valence-electron chi connectivity index (χ2n) is 9.10. The molecule has 1 aliphatic rings. The van der Waals surface area contributed by atoms with Gasteiger partial charge in [0.25, 0.3) is 0 Å². The average Bonchev–Trinajstić information content (AvgIpc) is 3.45. The quantitative estimate of drug-likeness (QED) is 0.147. The van der Waals surface area contributed by atoms with Crippen LogP contribution in [-0.2, 0) is 31.5 Å². The summed E-state index contributed by atoms with van der Waals surface area (Å²) < 4.78 is 91.1. The molecule has 0 aliphatic carbocycles. The van der Waals surface area contributed by atoms with Gasteiger partial charge in [-0.05, 0) is 29.8 Å². The molecule has 7 nitrogen and oxygen atoms in total. The summed E-state index contributed by atoms with van der Waals surface area (Å²) in [6.45, 7) is 2.15. The topological polar surface area (TPSA) is 86.5 Å². The molecule has 1 saturated heterocycles. The fourth-order valence-corrected chi connectivity index (χ4v) is 6.07. The Balaban J connectivity index is 1.33. The highest BCUT2D eigenvalue weighted by atomic mass is 32.2. The first kappa shape index (κ1) is 30.9. The highest BCUT2D eigenvalue weighted by Gasteiger charge is 2.41. The van der Waals surface area contributed by atoms with Gasteiger partial charge in [0.2, 0.25) is 9.91 Å². The lowest BCUT2D eigenvalue weighted by atomic mass is 9.90. The first-order valence-corrected chi connectivity index (χ1v) is 14.6. The second kappa shape index (κ2) is 13.3. The first-order valence-electron chi connectivity index (χ1n) is 12.2. The number of thioether (sulfide) groups is 1. The largest absolute Gasteiger partial charge is 0.382 e. The number of halogens is 5. The SMILES string of the molecule is CC(SC1COC(/C=C/C=C/c2ccc(S(=O)(F)=C(F)F)cc2)OC1)C(O)(Cn1cncn1)c1ccc(F)cc1F. The molecule has 1 aliphatic heterocycles. The Morgan fingerprint density at radius 3 is 2.51 bits per heavy atom. The number of rotatable bonds is 10. The van der Waals surface area contributed by atoms with Gasteiger partial charge < -0.3 is 14.6 Å². The maximum Gasteiger partial charge on any atom is 0.355 e. The molecule has 0 bridgehead atoms. The molecule has 0 amide bonds. The first-order chi connectivity index (χ1) is 19.5. The summed E-state index contributed by atoms with van der Waals surface area (Å²) in [6, 6.07) is 7.82. The van der Waals surface area contributed by atoms with Gasteiger partial charge in [-0.15, -0.1) is 15.6 Å². The molecular weight excluding hydrogens is 589 g/mol. The van der Waals surface area contributed by atoms with Crippen molar-refractivity contribution in [2.75, 3.05) is 13.2 Å². The van der Waals surface area contributed by atoms with Crippen LogP contribution in [0, 0.1) is 11.6 Å². The van der Waals surface area contributed by atoms with Crippen molar-refractivity contribution in [1.29, 1.82) is 0 Å². The summed E-state index contributed by atoms with van der Waals surface area (Å²) in [5.41, 5.74) is -1.25. The van der Waals surface area contributed by atoms with Crippen molar-refractivity contribution in [3.8, 4) is 0 Å². The summed E-state index contributed by atoms with van der Waals surface area (Å²) in [7, 11) is -4.97. The lowest BCUT2D eigenvalue weighted by Gasteiger charge is -2.37. The highest BCUT2D eigenvalue weighted by molar-refractivity contribution is 8.00. The van der Waals surface area contributed by atoms with Crippen LogP contribution in [0.25, 0.3) is 6.08 Å². The molecule has 2 heterocycles. The third-order valence-electron chi connectivity index (χ3n) is 6.28. The van der Waals surface area contributed by atoms with Crippen molar-refractivity contribution in [2.45, 2.75) is 40.8 Å². The highest BCUT2D eigenvalue weighted by Crippen LogP contribution is 2.38. The molecule has 3 aromatic rings. The number of hydrogen-bond acceptors (Lipinski definition) is 7. The lowest BCUT2D eigenvalue weighted by Crippen LogP contribution is -2.43. The van der Waals surface area contributed by atoms with Crippen molar-refractivity contribution in [2.24, 2.45) is 0 Å². The molecule has 3 unspecified atom stereocenters. The third kappa shape index (κ3) is 7.63. The van der Waals surface area contributed by atoms with E-state index in [0.717, 1.165) is 24.3 Å². The van der Waals surface area contributed by atoms with Crippen molar-refractivity contribution in [1.82, 2.24) is 14.8 Å². The fraction of sp³-hybridized carbons (Fsp3) is 0.296. The number of benzene rings is 2. The predicted molar refractivity (Wildman–Crippen MR) is 146 cm³/mol. The van der Waals surface area contributed by atoms with Gasteiger partial charge in [-0.1, -0.05) is 43.4 Å². The van der Waals surface area contributed by atoms with Crippen LogP contribution in [-0.4, -0.2) is 59.5 Å². The van der Waals surface area contributed by atoms with Crippen LogP contribution in [0.3, 0.4) is 0 Å². The zero-order valence-electron chi connectivity index (χ0n) is 21.6. The molecule has 0 spiro atoms. The number of aliphatic hydroxyl groups is 1. The van der Waals surface area contributed by atoms with Gasteiger partial charge in [0.05, 0.1) is 29.9 Å². The lowest BCUT2D eigenvalue weighted by molar-refractivity contribution is -0.146. The minimum absolute atomic E-state index is 0.0690. The summed E-state index contributed by atoms with van der Waals surface area (Å²) in [5.74, 6) is -1.63. The van der Waals surface area contributed by atoms with E-state index >= 15 is 0 Å². The van der Waals surface area contributed by atoms with Crippen molar-refractivity contribution < 1.29 is 40.2 Å². The maximum absolute atomic E-state index is 14.7. The van der Waals surface area contributed by atoms with E-state index in [1.807, 2.05) is 0 Å². The fourth-order valence-electron chi connectivity index (χ4n) is 4.09. The van der Waals surface area contributed by atoms with Crippen molar-refractivity contribution >= 4 is 33.1 Å². The Hall–Kier alpha value is -3.04. The van der Waals surface area contributed by atoms with Gasteiger partial charge in [0.15, 0.2) is 6.29 Å². The Bertz CT molecular complexity index is 1500. The summed E-state index contributed by atoms with van der Waals surface area (Å²) in [4.78, 5) is 3.26. The van der Waals surface area contributed by atoms with Crippen molar-refractivity contribution in [3.63, 3.8) is 0 Å². The van der Waals surface area contributed by atoms with E-state index < -0.39 is 49.0 Å². The van der Waals surface area contributed by atoms with E-state index in [2.05, 4.69) is 10.1 Å². The molecule has 1 N–H and O–H groups in total. The molecule has 1 fully saturated rings. The third-order valence-corrected chi connectivity index (χ3v) is 9.01. The van der Waals surface area contributed by atoms with Crippen molar-refractivity contribution in [3.05, 3.63) is 96.1 Å². The van der Waals surface area contributed by atoms with E-state index in [9.17, 15) is 30.8 Å². The van der Waals surface area contributed by atoms with E-state index in [1.165, 1.54) is 47.3 Å². The van der Waals surface area contributed by atoms with Gasteiger partial charge in [-0.25, -0.2) is 22.7 Å². The predicted octanol–water partition coefficient (Wildman–Crippen LogP) is 5.13. The number of ether oxygens (including phenoxy) is 2. The Kier molecular flexibility index (Phi) is 10.0. The van der Waals surface area contributed by atoms with Crippen LogP contribution in [0.1, 0.15) is 18.1 Å². The van der Waals surface area contributed by atoms with Crippen LogP contribution in [0.2, 0.25) is 0 Å². The van der Waals surface area contributed by atoms with Crippen LogP contribution in [0.4, 0.5) is 21.4 Å². The van der Waals surface area contributed by atoms with E-state index in [1.54, 1.807) is 31.2 Å². The molecule has 220 valence electrons. The molecule has 0 saturated carbocycles. The van der Waals surface area contributed by atoms with E-state index in [-0.39, 0.29) is 30.6 Å². The second-order valence-corrected chi connectivity index (χ2v) is 12.5. The Morgan fingerprint density at radius 1 is 1.20 bits per heavy atom. The zero-order chi connectivity index (χ0) is 29.6. The molecule has 41 heavy (non-hydrogen) atoms. The Labute approximate surface area is 238 Å². The summed E-state index contributed by atoms with van der Waals surface area (Å²) in [6.07, 6.45) is 8.59. The van der Waals surface area contributed by atoms with Gasteiger partial charge >= 0.3 is 5.37 Å². The van der Waals surface area contributed by atoms with Gasteiger partial charge in [0.1, 0.15) is 29.9 Å². The molecule has 1 aromatic heterocycles. The average molecular weight is 616 g/mol. The van der Waals surface area contributed by atoms with Crippen LogP contribution >= 0.6 is 11.8 Å². The smallest absolute Gasteiger partial charge is 0.355 e. The van der Waals surface area contributed by atoms with Crippen LogP contribution < -0.4 is 0 Å². The maximum atomic E-state index is 14.7. The van der Waals surface area contributed by atoms with E-state index in [0.29, 0.717) is 5.56 Å². The minimum atomic E-state index is -4.97. The molecule has 2 aromatic carbocycles. The number of nitrogens with zero attached hydrogens (tertiary/aromatic N) is 3. The number of aromatic nitrogens is 3. The summed E-state index contributed by atoms with van der Waals surface area (Å²) in [5, 5.41) is 12.1. The number of allylic oxidation sites excluding steroid dienone is 2. The van der Waals surface area contributed by atoms with Gasteiger partial charge in [0, 0.05) is 16.9 Å². The monoisotopic (exact) mass is 615 g/mol. The molecule has 14 heteroatoms. The summed E-state index contributed by atoms with van der Waals surface area (Å²) >= 11 is 1.33. The molecule has 0 radical (unpaired) electrons. The Morgan fingerprint density at radius 2 is 1.90 bits per heavy atom. The minimum Gasteiger partial charge on any atom is -0.382 e. The van der Waals surface area contributed by atoms with E-state index in [4.69, 9.17) is 9.47 Å².